The Morgan fingerprint density at radius 3 is 2.73 bits per heavy atom. The Hall–Kier alpha value is -3.85. The summed E-state index contributed by atoms with van der Waals surface area (Å²) in [6.45, 7) is 1.87. The Morgan fingerprint density at radius 2 is 2.00 bits per heavy atom. The third-order valence-corrected chi connectivity index (χ3v) is 5.65. The average molecular weight is 415 g/mol. The number of hydrogen-bond donors (Lipinski definition) is 2. The highest BCUT2D eigenvalue weighted by Crippen LogP contribution is 2.37. The van der Waals surface area contributed by atoms with E-state index in [-0.39, 0.29) is 5.91 Å². The number of carbonyl (C=O) groups excluding carboxylic acids is 1. The Balaban J connectivity index is 1.60. The van der Waals surface area contributed by atoms with Crippen molar-refractivity contribution < 1.29 is 4.79 Å². The van der Waals surface area contributed by atoms with Crippen LogP contribution in [0.15, 0.2) is 77.8 Å². The van der Waals surface area contributed by atoms with Gasteiger partial charge in [-0.2, -0.15) is 4.98 Å². The van der Waals surface area contributed by atoms with Gasteiger partial charge in [-0.25, -0.2) is 4.68 Å². The van der Waals surface area contributed by atoms with Crippen molar-refractivity contribution in [1.29, 1.82) is 0 Å². The number of nitrogens with one attached hydrogen (secondary N) is 2. The van der Waals surface area contributed by atoms with Gasteiger partial charge >= 0.3 is 0 Å². The Kier molecular flexibility index (Phi) is 4.56. The molecule has 30 heavy (non-hydrogen) atoms. The van der Waals surface area contributed by atoms with E-state index >= 15 is 0 Å². The molecule has 1 aliphatic rings. The van der Waals surface area contributed by atoms with Crippen LogP contribution >= 0.6 is 11.3 Å². The minimum Gasteiger partial charge on any atom is -0.328 e. The van der Waals surface area contributed by atoms with E-state index in [0.717, 1.165) is 16.1 Å². The van der Waals surface area contributed by atoms with Gasteiger partial charge in [0.15, 0.2) is 5.82 Å². The minimum absolute atomic E-state index is 0.228. The largest absolute Gasteiger partial charge is 0.328 e. The zero-order chi connectivity index (χ0) is 20.5. The van der Waals surface area contributed by atoms with Crippen LogP contribution in [0.3, 0.4) is 0 Å². The Morgan fingerprint density at radius 1 is 1.13 bits per heavy atom. The molecule has 5 rings (SSSR count). The van der Waals surface area contributed by atoms with E-state index in [2.05, 4.69) is 25.6 Å². The van der Waals surface area contributed by atoms with Crippen LogP contribution in [0.2, 0.25) is 0 Å². The molecule has 8 nitrogen and oxygen atoms in total. The van der Waals surface area contributed by atoms with Gasteiger partial charge in [0.2, 0.25) is 5.95 Å². The van der Waals surface area contributed by atoms with Gasteiger partial charge in [-0.05, 0) is 48.2 Å². The van der Waals surface area contributed by atoms with Crippen LogP contribution < -0.4 is 10.6 Å². The summed E-state index contributed by atoms with van der Waals surface area (Å²) in [7, 11) is 0. The van der Waals surface area contributed by atoms with Crippen molar-refractivity contribution in [3.8, 4) is 10.7 Å². The second kappa shape index (κ2) is 7.53. The molecule has 0 aliphatic carbocycles. The predicted molar refractivity (Wildman–Crippen MR) is 115 cm³/mol. The van der Waals surface area contributed by atoms with Crippen LogP contribution in [0.25, 0.3) is 10.7 Å². The van der Waals surface area contributed by atoms with Crippen molar-refractivity contribution in [3.63, 3.8) is 0 Å². The molecule has 148 valence electrons. The highest BCUT2D eigenvalue weighted by molar-refractivity contribution is 7.13. The van der Waals surface area contributed by atoms with E-state index in [4.69, 9.17) is 5.10 Å². The first kappa shape index (κ1) is 18.2. The molecular formula is C21H17N7OS. The van der Waals surface area contributed by atoms with Gasteiger partial charge in [-0.15, -0.1) is 16.4 Å². The first-order valence-corrected chi connectivity index (χ1v) is 10.2. The van der Waals surface area contributed by atoms with E-state index in [1.165, 1.54) is 0 Å². The zero-order valence-electron chi connectivity index (χ0n) is 16.0. The van der Waals surface area contributed by atoms with Gasteiger partial charge in [-0.1, -0.05) is 6.07 Å². The fourth-order valence-electron chi connectivity index (χ4n) is 3.44. The summed E-state index contributed by atoms with van der Waals surface area (Å²) in [6.07, 6.45) is 6.69. The molecule has 0 bridgehead atoms. The van der Waals surface area contributed by atoms with Crippen molar-refractivity contribution in [3.05, 3.63) is 83.4 Å². The fraction of sp³-hybridized carbons (Fsp3) is 0.0952. The van der Waals surface area contributed by atoms with Crippen LogP contribution in [0.1, 0.15) is 18.5 Å². The van der Waals surface area contributed by atoms with Gasteiger partial charge in [0.25, 0.3) is 5.91 Å². The number of fused-ring (bicyclic) bond motifs is 1. The van der Waals surface area contributed by atoms with E-state index in [1.54, 1.807) is 52.9 Å². The normalized spacial score (nSPS) is 15.4. The zero-order valence-corrected chi connectivity index (χ0v) is 16.8. The lowest BCUT2D eigenvalue weighted by Crippen LogP contribution is -2.31. The second-order valence-corrected chi connectivity index (χ2v) is 7.67. The molecule has 0 saturated carbocycles. The maximum Gasteiger partial charge on any atom is 0.255 e. The smallest absolute Gasteiger partial charge is 0.255 e. The highest BCUT2D eigenvalue weighted by atomic mass is 32.1. The standard InChI is InChI=1S/C21H17N7OS/c1-13-17(20(29)25-15-4-2-8-23-12-15)18(14-6-9-22-10-7-14)28-21(24-13)26-19(27-28)16-5-3-11-30-16/h2-12,18H,1H3,(H,25,29)(H,24,26,27). The van der Waals surface area contributed by atoms with Crippen LogP contribution in [0, 0.1) is 0 Å². The third-order valence-electron chi connectivity index (χ3n) is 4.78. The molecule has 4 aromatic rings. The summed E-state index contributed by atoms with van der Waals surface area (Å²) in [5, 5.41) is 12.9. The molecule has 0 radical (unpaired) electrons. The topological polar surface area (TPSA) is 97.6 Å². The number of pyridine rings is 2. The van der Waals surface area contributed by atoms with Crippen molar-refractivity contribution >= 4 is 28.9 Å². The second-order valence-electron chi connectivity index (χ2n) is 6.72. The number of carbonyl (C=O) groups is 1. The lowest BCUT2D eigenvalue weighted by Gasteiger charge is -2.28. The number of thiophene rings is 1. The van der Waals surface area contributed by atoms with Gasteiger partial charge in [0.05, 0.1) is 22.3 Å². The van der Waals surface area contributed by atoms with Crippen LogP contribution in [-0.4, -0.2) is 30.6 Å². The molecule has 0 spiro atoms. The summed E-state index contributed by atoms with van der Waals surface area (Å²) < 4.78 is 1.76. The molecule has 0 saturated heterocycles. The van der Waals surface area contributed by atoms with Crippen LogP contribution in [0.5, 0.6) is 0 Å². The third kappa shape index (κ3) is 3.25. The fourth-order valence-corrected chi connectivity index (χ4v) is 4.10. The molecule has 1 amide bonds. The Labute approximate surface area is 176 Å². The van der Waals surface area contributed by atoms with Gasteiger partial charge < -0.3 is 10.6 Å². The number of allylic oxidation sites excluding steroid dienone is 1. The average Bonchev–Trinajstić information content (AvgIpc) is 3.44. The summed E-state index contributed by atoms with van der Waals surface area (Å²) >= 11 is 1.57. The highest BCUT2D eigenvalue weighted by Gasteiger charge is 2.34. The number of aromatic nitrogens is 5. The lowest BCUT2D eigenvalue weighted by atomic mass is 9.96. The summed E-state index contributed by atoms with van der Waals surface area (Å²) in [5.74, 6) is 0.984. The van der Waals surface area contributed by atoms with E-state index in [1.807, 2.05) is 36.6 Å². The van der Waals surface area contributed by atoms with Crippen molar-refractivity contribution in [2.24, 2.45) is 0 Å². The lowest BCUT2D eigenvalue weighted by molar-refractivity contribution is -0.113. The van der Waals surface area contributed by atoms with Crippen LogP contribution in [-0.2, 0) is 4.79 Å². The summed E-state index contributed by atoms with van der Waals surface area (Å²) in [6, 6.07) is 10.8. The van der Waals surface area contributed by atoms with Crippen molar-refractivity contribution in [2.75, 3.05) is 10.6 Å². The maximum atomic E-state index is 13.3. The molecule has 4 aromatic heterocycles. The maximum absolute atomic E-state index is 13.3. The van der Waals surface area contributed by atoms with Gasteiger partial charge in [0, 0.05) is 24.3 Å². The van der Waals surface area contributed by atoms with E-state index in [0.29, 0.717) is 23.0 Å². The first-order valence-electron chi connectivity index (χ1n) is 9.30. The molecule has 1 unspecified atom stereocenters. The minimum atomic E-state index is -0.442. The number of nitrogens with zero attached hydrogens (tertiary/aromatic N) is 5. The molecule has 0 aromatic carbocycles. The number of anilines is 2. The van der Waals surface area contributed by atoms with Crippen molar-refractivity contribution in [1.82, 2.24) is 24.7 Å². The summed E-state index contributed by atoms with van der Waals surface area (Å²) in [4.78, 5) is 27.1. The number of amides is 1. The quantitative estimate of drug-likeness (QED) is 0.527. The van der Waals surface area contributed by atoms with Crippen LogP contribution in [0.4, 0.5) is 11.6 Å². The molecule has 5 heterocycles. The van der Waals surface area contributed by atoms with Gasteiger partial charge in [0.1, 0.15) is 6.04 Å². The molecule has 1 aliphatic heterocycles. The molecule has 1 atom stereocenters. The number of hydrogen-bond acceptors (Lipinski definition) is 7. The SMILES string of the molecule is CC1=C(C(=O)Nc2cccnc2)C(c2ccncc2)n2nc(-c3cccs3)nc2N1. The molecule has 9 heteroatoms. The van der Waals surface area contributed by atoms with E-state index < -0.39 is 6.04 Å². The predicted octanol–water partition coefficient (Wildman–Crippen LogP) is 3.72. The van der Waals surface area contributed by atoms with Gasteiger partial charge in [-0.3, -0.25) is 14.8 Å². The molecular weight excluding hydrogens is 398 g/mol. The Bertz CT molecular complexity index is 1220. The first-order chi connectivity index (χ1) is 14.7. The number of rotatable bonds is 4. The van der Waals surface area contributed by atoms with E-state index in [9.17, 15) is 4.79 Å². The summed E-state index contributed by atoms with van der Waals surface area (Å²) in [5.41, 5.74) is 2.79. The monoisotopic (exact) mass is 415 g/mol. The molecule has 2 N–H and O–H groups in total. The van der Waals surface area contributed by atoms with Crippen molar-refractivity contribution in [2.45, 2.75) is 13.0 Å². The molecule has 0 fully saturated rings.